The molecular formula is C17H20N3O5S+. The molecule has 0 spiro atoms. The highest BCUT2D eigenvalue weighted by Gasteiger charge is 2.24. The summed E-state index contributed by atoms with van der Waals surface area (Å²) in [6.45, 7) is 1.70. The van der Waals surface area contributed by atoms with Gasteiger partial charge in [0.2, 0.25) is 17.5 Å². The number of methoxy groups -OCH3 is 3. The summed E-state index contributed by atoms with van der Waals surface area (Å²) < 4.78 is 16.2. The molecule has 0 amide bonds. The lowest BCUT2D eigenvalue weighted by molar-refractivity contribution is -0.754. The lowest BCUT2D eigenvalue weighted by atomic mass is 10.0. The lowest BCUT2D eigenvalue weighted by Gasteiger charge is -2.11. The fourth-order valence-electron chi connectivity index (χ4n) is 2.14. The van der Waals surface area contributed by atoms with Gasteiger partial charge in [0.15, 0.2) is 12.2 Å². The van der Waals surface area contributed by atoms with Crippen molar-refractivity contribution >= 4 is 23.4 Å². The SMILES string of the molecule is COC(=O)c1c(Sc2nc(OC)cc(OC)n2)cccc1C(C)=[N+](C)O. The van der Waals surface area contributed by atoms with Crippen LogP contribution in [0.25, 0.3) is 0 Å². The minimum absolute atomic E-state index is 0.309. The molecule has 2 aromatic rings. The first kappa shape index (κ1) is 19.5. The van der Waals surface area contributed by atoms with E-state index >= 15 is 0 Å². The van der Waals surface area contributed by atoms with Crippen molar-refractivity contribution in [3.05, 3.63) is 35.4 Å². The molecule has 138 valence electrons. The van der Waals surface area contributed by atoms with Crippen LogP contribution < -0.4 is 9.47 Å². The van der Waals surface area contributed by atoms with Gasteiger partial charge in [-0.05, 0) is 28.6 Å². The van der Waals surface area contributed by atoms with Crippen molar-refractivity contribution < 1.29 is 29.0 Å². The summed E-state index contributed by atoms with van der Waals surface area (Å²) in [5.74, 6) is 0.153. The van der Waals surface area contributed by atoms with Crippen LogP contribution in [0, 0.1) is 0 Å². The van der Waals surface area contributed by atoms with Crippen LogP contribution in [0.4, 0.5) is 0 Å². The molecule has 1 aromatic heterocycles. The summed E-state index contributed by atoms with van der Waals surface area (Å²) in [6, 6.07) is 6.81. The monoisotopic (exact) mass is 378 g/mol. The molecule has 0 aliphatic rings. The highest BCUT2D eigenvalue weighted by atomic mass is 32.2. The van der Waals surface area contributed by atoms with Crippen LogP contribution in [-0.4, -0.2) is 60.0 Å². The molecular weight excluding hydrogens is 358 g/mol. The van der Waals surface area contributed by atoms with Crippen LogP contribution in [0.3, 0.4) is 0 Å². The number of carbonyl (C=O) groups excluding carboxylic acids is 1. The van der Waals surface area contributed by atoms with E-state index in [2.05, 4.69) is 9.97 Å². The van der Waals surface area contributed by atoms with E-state index in [4.69, 9.17) is 14.2 Å². The zero-order valence-corrected chi connectivity index (χ0v) is 16.0. The summed E-state index contributed by atoms with van der Waals surface area (Å²) in [5, 5.41) is 10.1. The standard InChI is InChI=1S/C17H20N3O5S/c1-10(20(2)22)11-7-6-8-12(15(11)16(21)25-5)26-17-18-13(23-3)9-14(19-17)24-4/h6-9,22H,1-5H3/q+1. The minimum atomic E-state index is -0.529. The maximum Gasteiger partial charge on any atom is 0.339 e. The Hall–Kier alpha value is -2.81. The van der Waals surface area contributed by atoms with Crippen LogP contribution in [0.2, 0.25) is 0 Å². The maximum absolute atomic E-state index is 12.4. The second-order valence-electron chi connectivity index (χ2n) is 5.12. The number of rotatable bonds is 6. The molecule has 8 nitrogen and oxygen atoms in total. The number of carbonyl (C=O) groups is 1. The summed E-state index contributed by atoms with van der Waals surface area (Å²) in [7, 11) is 5.76. The van der Waals surface area contributed by atoms with E-state index in [-0.39, 0.29) is 0 Å². The molecule has 1 aromatic carbocycles. The van der Waals surface area contributed by atoms with Gasteiger partial charge in [0.25, 0.3) is 0 Å². The number of hydrogen-bond donors (Lipinski definition) is 1. The minimum Gasteiger partial charge on any atom is -0.481 e. The molecule has 0 aliphatic carbocycles. The Balaban J connectivity index is 2.58. The van der Waals surface area contributed by atoms with Crippen molar-refractivity contribution in [3.63, 3.8) is 0 Å². The van der Waals surface area contributed by atoms with Gasteiger partial charge in [-0.2, -0.15) is 9.97 Å². The molecule has 2 rings (SSSR count). The molecule has 0 unspecified atom stereocenters. The number of aromatic nitrogens is 2. The first-order valence-electron chi connectivity index (χ1n) is 7.54. The fourth-order valence-corrected chi connectivity index (χ4v) is 3.05. The lowest BCUT2D eigenvalue weighted by Crippen LogP contribution is -2.17. The first-order valence-corrected chi connectivity index (χ1v) is 8.35. The number of benzene rings is 1. The molecule has 0 saturated carbocycles. The maximum atomic E-state index is 12.4. The van der Waals surface area contributed by atoms with Crippen molar-refractivity contribution in [2.24, 2.45) is 0 Å². The van der Waals surface area contributed by atoms with E-state index in [0.717, 1.165) is 16.5 Å². The van der Waals surface area contributed by atoms with Gasteiger partial charge in [-0.25, -0.2) is 4.79 Å². The quantitative estimate of drug-likeness (QED) is 0.204. The van der Waals surface area contributed by atoms with Crippen molar-refractivity contribution in [3.8, 4) is 11.8 Å². The second-order valence-corrected chi connectivity index (χ2v) is 6.13. The molecule has 9 heteroatoms. The number of esters is 1. The smallest absolute Gasteiger partial charge is 0.339 e. The molecule has 0 aliphatic heterocycles. The van der Waals surface area contributed by atoms with E-state index in [9.17, 15) is 10.0 Å². The van der Waals surface area contributed by atoms with E-state index in [1.807, 2.05) is 0 Å². The van der Waals surface area contributed by atoms with Gasteiger partial charge in [0, 0.05) is 11.8 Å². The molecule has 1 N–H and O–H groups in total. The van der Waals surface area contributed by atoms with Crippen LogP contribution in [-0.2, 0) is 4.74 Å². The Morgan fingerprint density at radius 2 is 1.77 bits per heavy atom. The molecule has 0 radical (unpaired) electrons. The number of ether oxygens (including phenoxy) is 3. The zero-order chi connectivity index (χ0) is 19.3. The van der Waals surface area contributed by atoms with Crippen LogP contribution in [0.5, 0.6) is 11.8 Å². The van der Waals surface area contributed by atoms with Crippen molar-refractivity contribution in [1.29, 1.82) is 0 Å². The van der Waals surface area contributed by atoms with Crippen LogP contribution in [0.15, 0.2) is 34.3 Å². The second kappa shape index (κ2) is 8.52. The number of hydrogen-bond acceptors (Lipinski definition) is 8. The fraction of sp³-hybridized carbons (Fsp3) is 0.294. The topological polar surface area (TPSA) is 93.8 Å². The third kappa shape index (κ3) is 4.23. The molecule has 1 heterocycles. The number of nitrogens with zero attached hydrogens (tertiary/aromatic N) is 3. The largest absolute Gasteiger partial charge is 0.481 e. The Labute approximate surface area is 155 Å². The van der Waals surface area contributed by atoms with Gasteiger partial charge in [0.1, 0.15) is 0 Å². The van der Waals surface area contributed by atoms with Gasteiger partial charge in [-0.3, -0.25) is 5.21 Å². The van der Waals surface area contributed by atoms with Gasteiger partial charge < -0.3 is 14.2 Å². The summed E-state index contributed by atoms with van der Waals surface area (Å²) in [5.41, 5.74) is 1.35. The van der Waals surface area contributed by atoms with E-state index in [1.165, 1.54) is 28.4 Å². The Bertz CT molecular complexity index is 828. The zero-order valence-electron chi connectivity index (χ0n) is 15.1. The average molecular weight is 378 g/mol. The van der Waals surface area contributed by atoms with Gasteiger partial charge in [0.05, 0.1) is 38.5 Å². The first-order chi connectivity index (χ1) is 12.4. The van der Waals surface area contributed by atoms with Crippen molar-refractivity contribution in [1.82, 2.24) is 9.97 Å². The Morgan fingerprint density at radius 1 is 1.15 bits per heavy atom. The van der Waals surface area contributed by atoms with Gasteiger partial charge in [-0.15, -0.1) is 0 Å². The summed E-state index contributed by atoms with van der Waals surface area (Å²) in [6.07, 6.45) is 0. The predicted molar refractivity (Wildman–Crippen MR) is 94.8 cm³/mol. The van der Waals surface area contributed by atoms with Gasteiger partial charge >= 0.3 is 5.97 Å². The Morgan fingerprint density at radius 3 is 2.27 bits per heavy atom. The third-order valence-corrected chi connectivity index (χ3v) is 4.49. The molecule has 0 bridgehead atoms. The van der Waals surface area contributed by atoms with Crippen LogP contribution in [0.1, 0.15) is 22.8 Å². The average Bonchev–Trinajstić information content (AvgIpc) is 2.66. The highest BCUT2D eigenvalue weighted by Crippen LogP contribution is 2.32. The molecule has 26 heavy (non-hydrogen) atoms. The van der Waals surface area contributed by atoms with Crippen molar-refractivity contribution in [2.45, 2.75) is 17.0 Å². The van der Waals surface area contributed by atoms with E-state index in [0.29, 0.717) is 38.7 Å². The highest BCUT2D eigenvalue weighted by molar-refractivity contribution is 7.99. The van der Waals surface area contributed by atoms with Crippen LogP contribution >= 0.6 is 11.8 Å². The number of hydroxylamine groups is 1. The molecule has 0 saturated heterocycles. The summed E-state index contributed by atoms with van der Waals surface area (Å²) >= 11 is 1.16. The third-order valence-electron chi connectivity index (χ3n) is 3.57. The van der Waals surface area contributed by atoms with E-state index < -0.39 is 5.97 Å². The molecule has 0 atom stereocenters. The van der Waals surface area contributed by atoms with E-state index in [1.54, 1.807) is 31.2 Å². The Kier molecular flexibility index (Phi) is 6.40. The predicted octanol–water partition coefficient (Wildman–Crippen LogP) is 2.27. The van der Waals surface area contributed by atoms with Crippen molar-refractivity contribution in [2.75, 3.05) is 28.4 Å². The normalized spacial score (nSPS) is 11.6. The van der Waals surface area contributed by atoms with Gasteiger partial charge in [-0.1, -0.05) is 6.07 Å². The summed E-state index contributed by atoms with van der Waals surface area (Å²) in [4.78, 5) is 21.5. The molecule has 0 fully saturated rings.